The Balaban J connectivity index is 1.43. The van der Waals surface area contributed by atoms with Crippen LogP contribution in [-0.2, 0) is 4.74 Å². The molecule has 3 aromatic rings. The van der Waals surface area contributed by atoms with E-state index in [9.17, 15) is 14.4 Å². The summed E-state index contributed by atoms with van der Waals surface area (Å²) in [6, 6.07) is 17.6. The molecule has 3 amide bonds. The molecule has 174 valence electrons. The molecule has 34 heavy (non-hydrogen) atoms. The smallest absolute Gasteiger partial charge is 0.261 e. The van der Waals surface area contributed by atoms with Gasteiger partial charge in [0.1, 0.15) is 11.5 Å². The van der Waals surface area contributed by atoms with Crippen molar-refractivity contribution in [2.24, 2.45) is 0 Å². The van der Waals surface area contributed by atoms with Crippen LogP contribution < -0.4 is 10.1 Å². The van der Waals surface area contributed by atoms with Crippen molar-refractivity contribution in [2.75, 3.05) is 25.6 Å². The van der Waals surface area contributed by atoms with Crippen molar-refractivity contribution in [2.45, 2.75) is 20.3 Å². The minimum absolute atomic E-state index is 0.243. The third kappa shape index (κ3) is 5.00. The quantitative estimate of drug-likeness (QED) is 0.380. The fourth-order valence-electron chi connectivity index (χ4n) is 3.94. The van der Waals surface area contributed by atoms with Crippen molar-refractivity contribution < 1.29 is 23.9 Å². The van der Waals surface area contributed by atoms with Gasteiger partial charge < -0.3 is 14.8 Å². The zero-order valence-corrected chi connectivity index (χ0v) is 19.4. The molecule has 0 aromatic heterocycles. The van der Waals surface area contributed by atoms with Gasteiger partial charge in [0.25, 0.3) is 17.7 Å². The Bertz CT molecular complexity index is 1230. The summed E-state index contributed by atoms with van der Waals surface area (Å²) in [6.07, 6.45) is 0.554. The molecule has 0 saturated heterocycles. The summed E-state index contributed by atoms with van der Waals surface area (Å²) in [5, 5.41) is 2.82. The summed E-state index contributed by atoms with van der Waals surface area (Å²) in [4.78, 5) is 39.2. The lowest BCUT2D eigenvalue weighted by atomic mass is 10.1. The number of fused-ring (bicyclic) bond motifs is 1. The predicted octanol–water partition coefficient (Wildman–Crippen LogP) is 4.98. The van der Waals surface area contributed by atoms with Crippen LogP contribution >= 0.6 is 0 Å². The molecule has 0 saturated carbocycles. The first-order valence-corrected chi connectivity index (χ1v) is 11.0. The molecule has 0 atom stereocenters. The molecule has 0 fully saturated rings. The lowest BCUT2D eigenvalue weighted by Crippen LogP contribution is -2.31. The van der Waals surface area contributed by atoms with Gasteiger partial charge in [-0.2, -0.15) is 0 Å². The van der Waals surface area contributed by atoms with Crippen LogP contribution in [0.25, 0.3) is 0 Å². The van der Waals surface area contributed by atoms with Gasteiger partial charge >= 0.3 is 0 Å². The summed E-state index contributed by atoms with van der Waals surface area (Å²) in [6.45, 7) is 4.76. The van der Waals surface area contributed by atoms with E-state index in [0.29, 0.717) is 35.6 Å². The standard InChI is InChI=1S/C27H26N2O5/c1-17-13-18(2)15-22(14-17)34-21-8-6-20(7-9-21)28-25(30)19-5-10-23-24(16-19)27(32)29(26(23)31)11-4-12-33-3/h5-10,13-16H,4,11-12H2,1-3H3,(H,28,30). The van der Waals surface area contributed by atoms with Crippen LogP contribution in [0.3, 0.4) is 0 Å². The van der Waals surface area contributed by atoms with Crippen LogP contribution in [-0.4, -0.2) is 42.9 Å². The van der Waals surface area contributed by atoms with Crippen LogP contribution in [0.4, 0.5) is 5.69 Å². The second-order valence-corrected chi connectivity index (χ2v) is 8.27. The Morgan fingerprint density at radius 3 is 2.21 bits per heavy atom. The van der Waals surface area contributed by atoms with Crippen LogP contribution in [0.1, 0.15) is 48.6 Å². The lowest BCUT2D eigenvalue weighted by molar-refractivity contribution is 0.0638. The Hall–Kier alpha value is -3.97. The van der Waals surface area contributed by atoms with E-state index in [1.165, 1.54) is 17.0 Å². The molecule has 1 N–H and O–H groups in total. The number of hydrogen-bond acceptors (Lipinski definition) is 5. The van der Waals surface area contributed by atoms with Gasteiger partial charge in [0.15, 0.2) is 0 Å². The van der Waals surface area contributed by atoms with Crippen LogP contribution in [0.15, 0.2) is 60.7 Å². The number of ether oxygens (including phenoxy) is 2. The van der Waals surface area contributed by atoms with E-state index in [2.05, 4.69) is 11.4 Å². The zero-order valence-electron chi connectivity index (χ0n) is 19.4. The molecule has 3 aromatic carbocycles. The molecular weight excluding hydrogens is 432 g/mol. The predicted molar refractivity (Wildman–Crippen MR) is 129 cm³/mol. The van der Waals surface area contributed by atoms with Gasteiger partial charge in [0, 0.05) is 31.5 Å². The zero-order chi connectivity index (χ0) is 24.2. The number of imide groups is 1. The maximum Gasteiger partial charge on any atom is 0.261 e. The Morgan fingerprint density at radius 2 is 1.53 bits per heavy atom. The van der Waals surface area contributed by atoms with Crippen LogP contribution in [0.5, 0.6) is 11.5 Å². The normalized spacial score (nSPS) is 12.6. The highest BCUT2D eigenvalue weighted by Crippen LogP contribution is 2.27. The number of carbonyl (C=O) groups excluding carboxylic acids is 3. The number of methoxy groups -OCH3 is 1. The van der Waals surface area contributed by atoms with E-state index < -0.39 is 5.91 Å². The van der Waals surface area contributed by atoms with Gasteiger partial charge in [-0.25, -0.2) is 0 Å². The Kier molecular flexibility index (Phi) is 6.75. The molecule has 1 aliphatic heterocycles. The highest BCUT2D eigenvalue weighted by Gasteiger charge is 2.35. The highest BCUT2D eigenvalue weighted by molar-refractivity contribution is 6.22. The van der Waals surface area contributed by atoms with E-state index in [0.717, 1.165) is 16.9 Å². The van der Waals surface area contributed by atoms with Gasteiger partial charge in [0.2, 0.25) is 0 Å². The number of carbonyl (C=O) groups is 3. The van der Waals surface area contributed by atoms with E-state index in [4.69, 9.17) is 9.47 Å². The van der Waals surface area contributed by atoms with Crippen molar-refractivity contribution in [1.29, 1.82) is 0 Å². The minimum Gasteiger partial charge on any atom is -0.457 e. The van der Waals surface area contributed by atoms with Crippen molar-refractivity contribution in [3.8, 4) is 11.5 Å². The molecule has 7 nitrogen and oxygen atoms in total. The average molecular weight is 459 g/mol. The minimum atomic E-state index is -0.390. The first-order chi connectivity index (χ1) is 16.4. The van der Waals surface area contributed by atoms with E-state index in [1.807, 2.05) is 26.0 Å². The van der Waals surface area contributed by atoms with E-state index in [-0.39, 0.29) is 23.9 Å². The number of amides is 3. The summed E-state index contributed by atoms with van der Waals surface area (Å²) in [5.41, 5.74) is 3.67. The maximum absolute atomic E-state index is 12.8. The molecule has 0 unspecified atom stereocenters. The van der Waals surface area contributed by atoms with Gasteiger partial charge in [-0.1, -0.05) is 6.07 Å². The second-order valence-electron chi connectivity index (χ2n) is 8.27. The maximum atomic E-state index is 12.8. The largest absolute Gasteiger partial charge is 0.457 e. The number of benzene rings is 3. The number of anilines is 1. The third-order valence-corrected chi connectivity index (χ3v) is 5.51. The summed E-state index contributed by atoms with van der Waals surface area (Å²) in [7, 11) is 1.57. The number of aryl methyl sites for hydroxylation is 2. The first-order valence-electron chi connectivity index (χ1n) is 11.0. The molecule has 1 aliphatic rings. The average Bonchev–Trinajstić information content (AvgIpc) is 3.04. The molecule has 4 rings (SSSR count). The molecule has 0 radical (unpaired) electrons. The number of rotatable bonds is 8. The Labute approximate surface area is 198 Å². The SMILES string of the molecule is COCCCN1C(=O)c2ccc(C(=O)Nc3ccc(Oc4cc(C)cc(C)c4)cc3)cc2C1=O. The van der Waals surface area contributed by atoms with Crippen molar-refractivity contribution in [3.63, 3.8) is 0 Å². The summed E-state index contributed by atoms with van der Waals surface area (Å²) < 4.78 is 10.9. The third-order valence-electron chi connectivity index (χ3n) is 5.51. The molecule has 7 heteroatoms. The van der Waals surface area contributed by atoms with E-state index in [1.54, 1.807) is 37.4 Å². The summed E-state index contributed by atoms with van der Waals surface area (Å²) >= 11 is 0. The van der Waals surface area contributed by atoms with Crippen molar-refractivity contribution >= 4 is 23.4 Å². The molecule has 0 bridgehead atoms. The fourth-order valence-corrected chi connectivity index (χ4v) is 3.94. The van der Waals surface area contributed by atoms with Gasteiger partial charge in [-0.15, -0.1) is 0 Å². The van der Waals surface area contributed by atoms with Crippen LogP contribution in [0, 0.1) is 13.8 Å². The van der Waals surface area contributed by atoms with Crippen LogP contribution in [0.2, 0.25) is 0 Å². The van der Waals surface area contributed by atoms with Gasteiger partial charge in [0.05, 0.1) is 11.1 Å². The monoisotopic (exact) mass is 458 g/mol. The number of nitrogens with one attached hydrogen (secondary N) is 1. The highest BCUT2D eigenvalue weighted by atomic mass is 16.5. The first kappa shape index (κ1) is 23.2. The lowest BCUT2D eigenvalue weighted by Gasteiger charge is -2.12. The molecule has 1 heterocycles. The van der Waals surface area contributed by atoms with Crippen molar-refractivity contribution in [1.82, 2.24) is 4.90 Å². The molecule has 0 aliphatic carbocycles. The van der Waals surface area contributed by atoms with Crippen molar-refractivity contribution in [3.05, 3.63) is 88.5 Å². The van der Waals surface area contributed by atoms with E-state index >= 15 is 0 Å². The van der Waals surface area contributed by atoms with Gasteiger partial charge in [-0.3, -0.25) is 19.3 Å². The number of nitrogens with zero attached hydrogens (tertiary/aromatic N) is 1. The molecule has 0 spiro atoms. The Morgan fingerprint density at radius 1 is 0.853 bits per heavy atom. The second kappa shape index (κ2) is 9.89. The summed E-state index contributed by atoms with van der Waals surface area (Å²) in [5.74, 6) is 0.297. The number of hydrogen-bond donors (Lipinski definition) is 1. The molecular formula is C27H26N2O5. The van der Waals surface area contributed by atoms with Gasteiger partial charge in [-0.05, 0) is 86.0 Å². The fraction of sp³-hybridized carbons (Fsp3) is 0.222. The topological polar surface area (TPSA) is 84.9 Å².